The Balaban J connectivity index is 2.54. The summed E-state index contributed by atoms with van der Waals surface area (Å²) in [5, 5.41) is 11.3. The van der Waals surface area contributed by atoms with Crippen molar-refractivity contribution >= 4 is 17.8 Å². The number of carbonyl (C=O) groups excluding carboxylic acids is 2. The van der Waals surface area contributed by atoms with E-state index >= 15 is 0 Å². The number of nitrogens with one attached hydrogen (secondary N) is 1. The predicted octanol–water partition coefficient (Wildman–Crippen LogP) is 0.624. The lowest BCUT2D eigenvalue weighted by Gasteiger charge is -2.21. The highest BCUT2D eigenvalue weighted by molar-refractivity contribution is 5.89. The Bertz CT molecular complexity index is 448. The van der Waals surface area contributed by atoms with Crippen molar-refractivity contribution in [1.82, 2.24) is 10.2 Å². The van der Waals surface area contributed by atoms with E-state index in [0.717, 1.165) is 0 Å². The van der Waals surface area contributed by atoms with Crippen LogP contribution in [-0.2, 0) is 14.4 Å². The van der Waals surface area contributed by atoms with Gasteiger partial charge in [-0.05, 0) is 13.8 Å². The van der Waals surface area contributed by atoms with Crippen molar-refractivity contribution in [3.8, 4) is 0 Å². The summed E-state index contributed by atoms with van der Waals surface area (Å²) in [6.45, 7) is 0.968. The number of nitrogens with zero attached hydrogens (tertiary/aromatic N) is 1. The van der Waals surface area contributed by atoms with Gasteiger partial charge in [-0.15, -0.1) is 0 Å². The van der Waals surface area contributed by atoms with E-state index in [1.807, 2.05) is 0 Å². The van der Waals surface area contributed by atoms with Gasteiger partial charge in [0.1, 0.15) is 6.54 Å². The molecule has 0 aromatic carbocycles. The van der Waals surface area contributed by atoms with Crippen LogP contribution in [0.2, 0.25) is 0 Å². The Morgan fingerprint density at radius 3 is 2.43 bits per heavy atom. The molecule has 0 bridgehead atoms. The van der Waals surface area contributed by atoms with Crippen LogP contribution in [0.15, 0.2) is 0 Å². The van der Waals surface area contributed by atoms with Crippen molar-refractivity contribution in [2.75, 3.05) is 19.6 Å². The Labute approximate surface area is 119 Å². The van der Waals surface area contributed by atoms with Gasteiger partial charge in [-0.3, -0.25) is 14.4 Å². The van der Waals surface area contributed by atoms with Crippen LogP contribution in [0.3, 0.4) is 0 Å². The highest BCUT2D eigenvalue weighted by Gasteiger charge is 2.41. The highest BCUT2D eigenvalue weighted by atomic mass is 19.4. The number of carbonyl (C=O) groups is 3. The molecule has 21 heavy (non-hydrogen) atoms. The van der Waals surface area contributed by atoms with Gasteiger partial charge in [0, 0.05) is 19.5 Å². The van der Waals surface area contributed by atoms with Crippen LogP contribution < -0.4 is 5.32 Å². The Hall–Kier alpha value is -1.80. The number of halogens is 3. The number of rotatable bonds is 5. The molecule has 0 aromatic rings. The van der Waals surface area contributed by atoms with E-state index in [0.29, 0.717) is 4.90 Å². The number of carboxylic acids is 1. The number of hydrogen-bond acceptors (Lipinski definition) is 3. The van der Waals surface area contributed by atoms with Gasteiger partial charge < -0.3 is 15.3 Å². The summed E-state index contributed by atoms with van der Waals surface area (Å²) in [5.41, 5.74) is -1.19. The molecular formula is C12H17F3N2O4. The van der Waals surface area contributed by atoms with Crippen molar-refractivity contribution in [3.05, 3.63) is 0 Å². The summed E-state index contributed by atoms with van der Waals surface area (Å²) < 4.78 is 36.7. The third-order valence-corrected chi connectivity index (χ3v) is 3.24. The lowest BCUT2D eigenvalue weighted by molar-refractivity contribution is -0.157. The van der Waals surface area contributed by atoms with E-state index in [1.54, 1.807) is 0 Å². The molecule has 120 valence electrons. The fourth-order valence-corrected chi connectivity index (χ4v) is 1.85. The van der Waals surface area contributed by atoms with Crippen LogP contribution in [0, 0.1) is 11.3 Å². The molecule has 1 aliphatic heterocycles. The first kappa shape index (κ1) is 17.3. The summed E-state index contributed by atoms with van der Waals surface area (Å²) in [6.07, 6.45) is -4.80. The van der Waals surface area contributed by atoms with Crippen molar-refractivity contribution < 1.29 is 32.7 Å². The van der Waals surface area contributed by atoms with E-state index in [1.165, 1.54) is 13.8 Å². The minimum atomic E-state index is -4.51. The Morgan fingerprint density at radius 1 is 1.38 bits per heavy atom. The predicted molar refractivity (Wildman–Crippen MR) is 65.2 cm³/mol. The maximum atomic E-state index is 12.2. The molecule has 2 amide bonds. The molecule has 0 aliphatic carbocycles. The van der Waals surface area contributed by atoms with Gasteiger partial charge >= 0.3 is 12.1 Å². The zero-order valence-electron chi connectivity index (χ0n) is 11.7. The second-order valence-electron chi connectivity index (χ2n) is 5.70. The zero-order chi connectivity index (χ0) is 16.4. The standard InChI is InChI=1S/C12H17F3N2O4/c1-11(2,10(20)21)5-16-9(19)7-3-8(18)17(4-7)6-12(13,14)15/h7H,3-6H2,1-2H3,(H,16,19)(H,20,21). The number of carboxylic acid groups (broad SMARTS) is 1. The largest absolute Gasteiger partial charge is 0.481 e. The maximum absolute atomic E-state index is 12.2. The molecule has 0 aromatic heterocycles. The monoisotopic (exact) mass is 310 g/mol. The fraction of sp³-hybridized carbons (Fsp3) is 0.750. The number of amides is 2. The first-order valence-corrected chi connectivity index (χ1v) is 6.28. The Morgan fingerprint density at radius 2 is 1.95 bits per heavy atom. The number of hydrogen-bond donors (Lipinski definition) is 2. The van der Waals surface area contributed by atoms with E-state index in [2.05, 4.69) is 5.32 Å². The molecule has 6 nitrogen and oxygen atoms in total. The van der Waals surface area contributed by atoms with Crippen molar-refractivity contribution in [2.24, 2.45) is 11.3 Å². The topological polar surface area (TPSA) is 86.7 Å². The SMILES string of the molecule is CC(C)(CNC(=O)C1CC(=O)N(CC(F)(F)F)C1)C(=O)O. The minimum Gasteiger partial charge on any atom is -0.481 e. The van der Waals surface area contributed by atoms with E-state index < -0.39 is 41.8 Å². The highest BCUT2D eigenvalue weighted by Crippen LogP contribution is 2.24. The lowest BCUT2D eigenvalue weighted by Crippen LogP contribution is -2.42. The van der Waals surface area contributed by atoms with Crippen molar-refractivity contribution in [2.45, 2.75) is 26.4 Å². The summed E-state index contributed by atoms with van der Waals surface area (Å²) in [4.78, 5) is 34.7. The molecule has 1 heterocycles. The normalized spacial score (nSPS) is 19.8. The Kier molecular flexibility index (Phi) is 4.85. The van der Waals surface area contributed by atoms with Crippen LogP contribution in [0.25, 0.3) is 0 Å². The van der Waals surface area contributed by atoms with E-state index in [9.17, 15) is 27.6 Å². The summed E-state index contributed by atoms with van der Waals surface area (Å²) in [7, 11) is 0. The quantitative estimate of drug-likeness (QED) is 0.779. The minimum absolute atomic E-state index is 0.162. The van der Waals surface area contributed by atoms with Gasteiger partial charge in [0.05, 0.1) is 11.3 Å². The summed E-state index contributed by atoms with van der Waals surface area (Å²) >= 11 is 0. The van der Waals surface area contributed by atoms with Gasteiger partial charge in [0.25, 0.3) is 0 Å². The van der Waals surface area contributed by atoms with Gasteiger partial charge in [0.2, 0.25) is 11.8 Å². The van der Waals surface area contributed by atoms with Crippen LogP contribution >= 0.6 is 0 Å². The maximum Gasteiger partial charge on any atom is 0.406 e. The van der Waals surface area contributed by atoms with Crippen molar-refractivity contribution in [3.63, 3.8) is 0 Å². The third-order valence-electron chi connectivity index (χ3n) is 3.24. The molecule has 1 rings (SSSR count). The third kappa shape index (κ3) is 4.91. The molecule has 1 saturated heterocycles. The van der Waals surface area contributed by atoms with Gasteiger partial charge in [-0.1, -0.05) is 0 Å². The summed E-state index contributed by atoms with van der Waals surface area (Å²) in [5.74, 6) is -3.33. The molecule has 1 fully saturated rings. The molecule has 1 unspecified atom stereocenters. The zero-order valence-corrected chi connectivity index (χ0v) is 11.7. The molecule has 0 radical (unpaired) electrons. The summed E-state index contributed by atoms with van der Waals surface area (Å²) in [6, 6.07) is 0. The van der Waals surface area contributed by atoms with Crippen molar-refractivity contribution in [1.29, 1.82) is 0 Å². The first-order chi connectivity index (χ1) is 9.42. The van der Waals surface area contributed by atoms with Gasteiger partial charge in [-0.25, -0.2) is 0 Å². The van der Waals surface area contributed by atoms with E-state index in [-0.39, 0.29) is 19.5 Å². The first-order valence-electron chi connectivity index (χ1n) is 6.28. The van der Waals surface area contributed by atoms with Gasteiger partial charge in [-0.2, -0.15) is 13.2 Å². The van der Waals surface area contributed by atoms with Crippen LogP contribution in [-0.4, -0.2) is 53.6 Å². The fourth-order valence-electron chi connectivity index (χ4n) is 1.85. The molecular weight excluding hydrogens is 293 g/mol. The second kappa shape index (κ2) is 5.90. The van der Waals surface area contributed by atoms with Gasteiger partial charge in [0.15, 0.2) is 0 Å². The average molecular weight is 310 g/mol. The van der Waals surface area contributed by atoms with E-state index in [4.69, 9.17) is 5.11 Å². The molecule has 0 spiro atoms. The number of alkyl halides is 3. The number of likely N-dealkylation sites (tertiary alicyclic amines) is 1. The average Bonchev–Trinajstić information content (AvgIpc) is 2.65. The smallest absolute Gasteiger partial charge is 0.406 e. The van der Waals surface area contributed by atoms with Crippen LogP contribution in [0.5, 0.6) is 0 Å². The molecule has 9 heteroatoms. The molecule has 2 N–H and O–H groups in total. The second-order valence-corrected chi connectivity index (χ2v) is 5.70. The molecule has 1 atom stereocenters. The van der Waals surface area contributed by atoms with Crippen LogP contribution in [0.1, 0.15) is 20.3 Å². The molecule has 0 saturated carbocycles. The lowest BCUT2D eigenvalue weighted by atomic mass is 9.93. The molecule has 1 aliphatic rings. The van der Waals surface area contributed by atoms with Crippen LogP contribution in [0.4, 0.5) is 13.2 Å². The number of aliphatic carboxylic acids is 1.